The molecule has 2 aliphatic heterocycles. The topological polar surface area (TPSA) is 44.4 Å². The largest absolute Gasteiger partial charge is 0.322 e. The minimum atomic E-state index is -0.0754. The molecule has 2 aromatic carbocycles. The van der Waals surface area contributed by atoms with E-state index in [1.807, 2.05) is 43.3 Å². The Morgan fingerprint density at radius 1 is 1.25 bits per heavy atom. The van der Waals surface area contributed by atoms with Crippen LogP contribution in [0.5, 0.6) is 0 Å². The van der Waals surface area contributed by atoms with E-state index in [4.69, 9.17) is 0 Å². The fourth-order valence-electron chi connectivity index (χ4n) is 4.37. The number of fused-ring (bicyclic) bond motifs is 1. The molecule has 28 heavy (non-hydrogen) atoms. The third-order valence-electron chi connectivity index (χ3n) is 5.69. The highest BCUT2D eigenvalue weighted by Crippen LogP contribution is 2.36. The maximum Gasteiger partial charge on any atom is 0.255 e. The normalized spacial score (nSPS) is 20.8. The third-order valence-corrected chi connectivity index (χ3v) is 5.69. The first-order valence-electron chi connectivity index (χ1n) is 10.2. The van der Waals surface area contributed by atoms with Crippen LogP contribution >= 0.6 is 0 Å². The number of rotatable bonds is 4. The summed E-state index contributed by atoms with van der Waals surface area (Å²) in [4.78, 5) is 14.7. The van der Waals surface area contributed by atoms with Crippen LogP contribution in [0.4, 0.5) is 11.4 Å². The molecule has 0 spiro atoms. The van der Waals surface area contributed by atoms with Crippen LogP contribution in [-0.2, 0) is 6.42 Å². The molecule has 4 heteroatoms. The smallest absolute Gasteiger partial charge is 0.255 e. The van der Waals surface area contributed by atoms with Crippen LogP contribution in [0.25, 0.3) is 0 Å². The molecule has 1 fully saturated rings. The zero-order valence-electron chi connectivity index (χ0n) is 16.4. The van der Waals surface area contributed by atoms with Gasteiger partial charge in [-0.1, -0.05) is 24.1 Å². The predicted molar refractivity (Wildman–Crippen MR) is 114 cm³/mol. The number of anilines is 2. The maximum atomic E-state index is 12.5. The second-order valence-electron chi connectivity index (χ2n) is 7.70. The average molecular weight is 374 g/mol. The molecular weight excluding hydrogens is 346 g/mol. The van der Waals surface area contributed by atoms with Crippen molar-refractivity contribution in [3.8, 4) is 12.0 Å². The molecular formula is C24H27N3O. The van der Waals surface area contributed by atoms with Crippen molar-refractivity contribution in [2.24, 2.45) is 5.92 Å². The van der Waals surface area contributed by atoms with Gasteiger partial charge < -0.3 is 10.6 Å². The van der Waals surface area contributed by atoms with Crippen molar-refractivity contribution in [3.63, 3.8) is 0 Å². The van der Waals surface area contributed by atoms with Gasteiger partial charge in [0.15, 0.2) is 0 Å². The molecule has 0 aromatic heterocycles. The SMILES string of the molecule is CC#CN1c2ccc(NC(=O)c3ccccc3)cc2CC1CC1CCCNC1. The molecule has 2 aliphatic rings. The summed E-state index contributed by atoms with van der Waals surface area (Å²) in [5, 5.41) is 6.55. The molecule has 4 nitrogen and oxygen atoms in total. The van der Waals surface area contributed by atoms with Crippen LogP contribution in [0.15, 0.2) is 48.5 Å². The Labute approximate surface area is 167 Å². The van der Waals surface area contributed by atoms with Crippen LogP contribution in [0, 0.1) is 17.9 Å². The van der Waals surface area contributed by atoms with Gasteiger partial charge in [-0.2, -0.15) is 0 Å². The van der Waals surface area contributed by atoms with Crippen LogP contribution < -0.4 is 15.5 Å². The first-order chi connectivity index (χ1) is 13.7. The Morgan fingerprint density at radius 3 is 2.86 bits per heavy atom. The number of carbonyl (C=O) groups excluding carboxylic acids is 1. The van der Waals surface area contributed by atoms with E-state index in [1.165, 1.54) is 24.1 Å². The van der Waals surface area contributed by atoms with E-state index >= 15 is 0 Å². The van der Waals surface area contributed by atoms with Crippen LogP contribution in [0.2, 0.25) is 0 Å². The van der Waals surface area contributed by atoms with Gasteiger partial charge in [0.1, 0.15) is 0 Å². The molecule has 0 bridgehead atoms. The Hall–Kier alpha value is -2.77. The van der Waals surface area contributed by atoms with Gasteiger partial charge in [0.2, 0.25) is 0 Å². The van der Waals surface area contributed by atoms with Crippen molar-refractivity contribution in [1.82, 2.24) is 5.32 Å². The second kappa shape index (κ2) is 8.50. The lowest BCUT2D eigenvalue weighted by atomic mass is 9.91. The molecule has 144 valence electrons. The molecule has 2 aromatic rings. The summed E-state index contributed by atoms with van der Waals surface area (Å²) in [5.74, 6) is 3.72. The van der Waals surface area contributed by atoms with Gasteiger partial charge in [-0.25, -0.2) is 0 Å². The van der Waals surface area contributed by atoms with Crippen molar-refractivity contribution < 1.29 is 4.79 Å². The van der Waals surface area contributed by atoms with Crippen molar-refractivity contribution in [2.45, 2.75) is 38.6 Å². The highest BCUT2D eigenvalue weighted by molar-refractivity contribution is 6.04. The van der Waals surface area contributed by atoms with Crippen LogP contribution in [0.3, 0.4) is 0 Å². The van der Waals surface area contributed by atoms with E-state index < -0.39 is 0 Å². The molecule has 0 saturated carbocycles. The van der Waals surface area contributed by atoms with Gasteiger partial charge in [-0.3, -0.25) is 9.69 Å². The predicted octanol–water partition coefficient (Wildman–Crippen LogP) is 4.04. The summed E-state index contributed by atoms with van der Waals surface area (Å²) in [6.45, 7) is 4.15. The number of hydrogen-bond donors (Lipinski definition) is 2. The van der Waals surface area contributed by atoms with Gasteiger partial charge in [-0.15, -0.1) is 0 Å². The lowest BCUT2D eigenvalue weighted by Gasteiger charge is -2.28. The molecule has 4 rings (SSSR count). The molecule has 0 radical (unpaired) electrons. The van der Waals surface area contributed by atoms with Crippen molar-refractivity contribution in [1.29, 1.82) is 0 Å². The van der Waals surface area contributed by atoms with E-state index in [-0.39, 0.29) is 5.91 Å². The van der Waals surface area contributed by atoms with E-state index in [0.717, 1.165) is 31.6 Å². The molecule has 2 unspecified atom stereocenters. The van der Waals surface area contributed by atoms with Gasteiger partial charge >= 0.3 is 0 Å². The minimum Gasteiger partial charge on any atom is -0.322 e. The summed E-state index contributed by atoms with van der Waals surface area (Å²) in [6, 6.07) is 19.2. The van der Waals surface area contributed by atoms with Gasteiger partial charge in [-0.05, 0) is 87.5 Å². The molecule has 1 amide bonds. The highest BCUT2D eigenvalue weighted by atomic mass is 16.1. The van der Waals surface area contributed by atoms with Crippen LogP contribution in [-0.4, -0.2) is 25.0 Å². The lowest BCUT2D eigenvalue weighted by Crippen LogP contribution is -2.36. The summed E-state index contributed by atoms with van der Waals surface area (Å²) in [7, 11) is 0. The number of carbonyl (C=O) groups is 1. The van der Waals surface area contributed by atoms with Crippen molar-refractivity contribution >= 4 is 17.3 Å². The third kappa shape index (κ3) is 4.05. The Kier molecular flexibility index (Phi) is 5.64. The Morgan fingerprint density at radius 2 is 2.11 bits per heavy atom. The van der Waals surface area contributed by atoms with Gasteiger partial charge in [0.25, 0.3) is 5.91 Å². The van der Waals surface area contributed by atoms with Gasteiger partial charge in [0.05, 0.1) is 5.69 Å². The number of piperidine rings is 1. The summed E-state index contributed by atoms with van der Waals surface area (Å²) >= 11 is 0. The first-order valence-corrected chi connectivity index (χ1v) is 10.2. The highest BCUT2D eigenvalue weighted by Gasteiger charge is 2.31. The van der Waals surface area contributed by atoms with Crippen molar-refractivity contribution in [3.05, 3.63) is 59.7 Å². The number of benzene rings is 2. The number of hydrogen-bond acceptors (Lipinski definition) is 3. The van der Waals surface area contributed by atoms with E-state index in [2.05, 4.69) is 39.6 Å². The summed E-state index contributed by atoms with van der Waals surface area (Å²) in [6.07, 6.45) is 4.70. The fraction of sp³-hybridized carbons (Fsp3) is 0.375. The van der Waals surface area contributed by atoms with Gasteiger partial charge in [0, 0.05) is 23.3 Å². The quantitative estimate of drug-likeness (QED) is 0.795. The van der Waals surface area contributed by atoms with Crippen LogP contribution in [0.1, 0.15) is 42.1 Å². The zero-order chi connectivity index (χ0) is 19.3. The molecule has 2 heterocycles. The number of nitrogens with zero attached hydrogens (tertiary/aromatic N) is 1. The maximum absolute atomic E-state index is 12.5. The lowest BCUT2D eigenvalue weighted by molar-refractivity contribution is 0.102. The Balaban J connectivity index is 1.50. The van der Waals surface area contributed by atoms with E-state index in [9.17, 15) is 4.79 Å². The zero-order valence-corrected chi connectivity index (χ0v) is 16.4. The standard InChI is InChI=1S/C24H27N3O/c1-2-13-27-22(14-18-7-6-12-25-17-18)16-20-15-21(10-11-23(20)27)26-24(28)19-8-4-3-5-9-19/h3-5,8-11,15,18,22,25H,6-7,12,14,16-17H2,1H3,(H,26,28). The van der Waals surface area contributed by atoms with Crippen molar-refractivity contribution in [2.75, 3.05) is 23.3 Å². The molecule has 2 atom stereocenters. The second-order valence-corrected chi connectivity index (χ2v) is 7.70. The molecule has 1 saturated heterocycles. The molecule has 2 N–H and O–H groups in total. The summed E-state index contributed by atoms with van der Waals surface area (Å²) < 4.78 is 0. The number of amides is 1. The van der Waals surface area contributed by atoms with E-state index in [1.54, 1.807) is 0 Å². The minimum absolute atomic E-state index is 0.0754. The monoisotopic (exact) mass is 373 g/mol. The summed E-state index contributed by atoms with van der Waals surface area (Å²) in [5.41, 5.74) is 3.96. The Bertz CT molecular complexity index is 891. The average Bonchev–Trinajstić information content (AvgIpc) is 3.06. The number of nitrogens with one attached hydrogen (secondary N) is 2. The fourth-order valence-corrected chi connectivity index (χ4v) is 4.37. The van der Waals surface area contributed by atoms with E-state index in [0.29, 0.717) is 17.5 Å². The first kappa shape index (κ1) is 18.6. The molecule has 0 aliphatic carbocycles.